The van der Waals surface area contributed by atoms with E-state index in [1.54, 1.807) is 53.0 Å². The second-order valence-corrected chi connectivity index (χ2v) is 31.5. The van der Waals surface area contributed by atoms with Gasteiger partial charge < -0.3 is 45.4 Å². The summed E-state index contributed by atoms with van der Waals surface area (Å²) in [6.45, 7) is 24.6. The molecule has 6 aromatic rings. The molecule has 107 heavy (non-hydrogen) atoms. The summed E-state index contributed by atoms with van der Waals surface area (Å²) in [5, 5.41) is 13.7. The van der Waals surface area contributed by atoms with Crippen molar-refractivity contribution in [2.24, 2.45) is 37.4 Å². The Balaban J connectivity index is 0.000000184. The summed E-state index contributed by atoms with van der Waals surface area (Å²) >= 11 is 0. The molecule has 0 aliphatic carbocycles. The number of carbonyl (C=O) groups is 9. The van der Waals surface area contributed by atoms with Gasteiger partial charge in [-0.2, -0.15) is 0 Å². The van der Waals surface area contributed by atoms with Crippen molar-refractivity contribution in [3.63, 3.8) is 0 Å². The average Bonchev–Trinajstić information content (AvgIpc) is 1.66. The van der Waals surface area contributed by atoms with Crippen LogP contribution in [0, 0.1) is 16.2 Å². The van der Waals surface area contributed by atoms with E-state index in [4.69, 9.17) is 9.47 Å². The second kappa shape index (κ2) is 35.6. The largest absolute Gasteiger partial charge is 1.00 e. The van der Waals surface area contributed by atoms with E-state index in [-0.39, 0.29) is 177 Å². The standard InChI is InChI=1S/C26H35N5O5.C21H27N5O3.C14H13N3O4.C12H22N2O2.B2.K.2W/c1-25(2,3)36-24(35)30-12-10-26(11-13-30)15-29(16-26)14-17-6-5-7-18-21(17)28(4)23(34)31(18)19-8-9-20(32)27-22(19)33;1-24-18-14(11-25-12-21(13-25)7-9-22-10-8-21)3-2-4-15(18)26(20(24)29)16-5-6-17(27)23-19(16)28;1-16-12-8(7-18)3-2-4-9(12)17(14(16)21)10-5-6-11(19)15-13(10)20;1-11(2,3)16-10(15)14-6-4-12(5-7-14)8-13-9-12;1-2;;;/h5-7,19H,8-16H2,1-4H3,(H,27,32,33);2-4,16,22H,5-13H2,1H3,(H,23,27,28);2-4,7,10H,5-6H2,1H3,(H,15,19,20);13H,4-9H2,1-3H3;;;;/q;;;;-1;+1;;. The predicted octanol–water partition coefficient (Wildman–Crippen LogP) is 0.628. The molecule has 567 valence electrons. The number of aromatic nitrogens is 6. The van der Waals surface area contributed by atoms with E-state index in [0.717, 1.165) is 131 Å². The third kappa shape index (κ3) is 19.0. The first kappa shape index (κ1) is 86.7. The molecule has 3 spiro atoms. The summed E-state index contributed by atoms with van der Waals surface area (Å²) in [5.74, 6) is -2.21. The Morgan fingerprint density at radius 1 is 0.495 bits per heavy atom. The molecule has 0 saturated carbocycles. The smallest absolute Gasteiger partial charge is 0.693 e. The van der Waals surface area contributed by atoms with Crippen molar-refractivity contribution < 1.29 is 146 Å². The number of likely N-dealkylation sites (tertiary alicyclic amines) is 4. The first-order valence-electron chi connectivity index (χ1n) is 36.1. The number of carbonyl (C=O) groups excluding carboxylic acids is 9. The molecule has 9 fully saturated rings. The van der Waals surface area contributed by atoms with Crippen molar-refractivity contribution in [3.05, 3.63) is 103 Å². The molecular formula is C73H97B2KN15O14W2. The van der Waals surface area contributed by atoms with E-state index in [1.165, 1.54) is 26.5 Å². The number of imide groups is 3. The monoisotopic (exact) mass is 1840 g/mol. The van der Waals surface area contributed by atoms with Crippen molar-refractivity contribution in [2.75, 3.05) is 78.5 Å². The minimum Gasteiger partial charge on any atom is -0.693 e. The van der Waals surface area contributed by atoms with Gasteiger partial charge in [-0.15, -0.1) is 0 Å². The van der Waals surface area contributed by atoms with Crippen molar-refractivity contribution in [1.82, 2.24) is 73.6 Å². The van der Waals surface area contributed by atoms with Crippen molar-refractivity contribution in [3.8, 4) is 0 Å². The number of rotatable bonds is 8. The summed E-state index contributed by atoms with van der Waals surface area (Å²) in [6, 6.07) is 14.7. The van der Waals surface area contributed by atoms with Gasteiger partial charge in [-0.25, -0.2) is 24.0 Å². The molecule has 29 nitrogen and oxygen atoms in total. The number of nitrogens with one attached hydrogen (secondary N) is 5. The summed E-state index contributed by atoms with van der Waals surface area (Å²) in [6.07, 6.45) is 8.50. The number of fused-ring (bicyclic) bond motifs is 3. The van der Waals surface area contributed by atoms with Gasteiger partial charge in [-0.05, 0) is 164 Å². The summed E-state index contributed by atoms with van der Waals surface area (Å²) in [5.41, 5.74) is 6.19. The molecule has 3 aromatic carbocycles. The number of hydrogen-bond donors (Lipinski definition) is 5. The fourth-order valence-corrected chi connectivity index (χ4v) is 16.5. The van der Waals surface area contributed by atoms with E-state index in [2.05, 4.69) is 57.9 Å². The molecule has 9 aliphatic heterocycles. The van der Waals surface area contributed by atoms with Crippen LogP contribution in [0.4, 0.5) is 9.59 Å². The first-order chi connectivity index (χ1) is 49.4. The Morgan fingerprint density at radius 3 is 1.15 bits per heavy atom. The van der Waals surface area contributed by atoms with Gasteiger partial charge in [0, 0.05) is 167 Å². The molecule has 9 saturated heterocycles. The van der Waals surface area contributed by atoms with Gasteiger partial charge in [0.1, 0.15) is 29.3 Å². The summed E-state index contributed by atoms with van der Waals surface area (Å²) in [7, 11) is 13.1. The minimum atomic E-state index is -0.735. The van der Waals surface area contributed by atoms with Gasteiger partial charge in [0.2, 0.25) is 35.4 Å². The molecule has 5 radical (unpaired) electrons. The maximum atomic E-state index is 13.2. The molecule has 9 aliphatic rings. The number of para-hydroxylation sites is 3. The maximum absolute atomic E-state index is 13.2. The number of nitrogens with zero attached hydrogens (tertiary/aromatic N) is 10. The van der Waals surface area contributed by atoms with E-state index in [9.17, 15) is 57.5 Å². The zero-order chi connectivity index (χ0) is 75.0. The molecule has 15 rings (SSSR count). The van der Waals surface area contributed by atoms with Crippen molar-refractivity contribution in [1.29, 1.82) is 0 Å². The predicted molar refractivity (Wildman–Crippen MR) is 390 cm³/mol. The SMILES string of the molecule is CC(C)(C)OC(=O)N1CCC2(CC1)CNC2.Cn1c(=O)n(C2CCC(=O)NC2=O)c2cccc(C=O)c21.Cn1c(=O)n(C2CCC(=O)NC2=O)c2cccc(CN3CC4(CCN(C(=O)OC(C)(C)C)CC4)C3)c21.Cn1c(=O)n(C2CCC(=O)NC2=O)c2cccc(CN3CC4(CCNCC4)C3)c21.[B][B-].[K+].[W].[W]. The fourth-order valence-electron chi connectivity index (χ4n) is 16.5. The molecule has 3 unspecified atom stereocenters. The number of hydrogen-bond acceptors (Lipinski definition) is 18. The van der Waals surface area contributed by atoms with E-state index in [0.29, 0.717) is 66.2 Å². The van der Waals surface area contributed by atoms with Gasteiger partial charge in [-0.1, -0.05) is 30.3 Å². The summed E-state index contributed by atoms with van der Waals surface area (Å²) < 4.78 is 19.9. The molecule has 12 heterocycles. The van der Waals surface area contributed by atoms with Crippen LogP contribution in [0.5, 0.6) is 0 Å². The molecule has 3 atom stereocenters. The Morgan fingerprint density at radius 2 is 0.822 bits per heavy atom. The van der Waals surface area contributed by atoms with E-state index >= 15 is 0 Å². The minimum absolute atomic E-state index is 0. The zero-order valence-corrected chi connectivity index (χ0v) is 72.0. The van der Waals surface area contributed by atoms with Crippen LogP contribution in [0.2, 0.25) is 0 Å². The first-order valence-corrected chi connectivity index (χ1v) is 36.1. The van der Waals surface area contributed by atoms with Crippen molar-refractivity contribution in [2.45, 2.75) is 161 Å². The van der Waals surface area contributed by atoms with Crippen LogP contribution in [0.25, 0.3) is 33.1 Å². The molecule has 8 amide bonds. The van der Waals surface area contributed by atoms with Gasteiger partial charge in [-0.3, -0.25) is 86.7 Å². The number of amides is 8. The second-order valence-electron chi connectivity index (χ2n) is 31.5. The van der Waals surface area contributed by atoms with Gasteiger partial charge in [0.25, 0.3) is 0 Å². The van der Waals surface area contributed by atoms with Crippen LogP contribution in [-0.4, -0.2) is 206 Å². The Hall–Kier alpha value is -5.92. The Labute approximate surface area is 695 Å². The number of piperidine rings is 6. The molecular weight excluding hydrogens is 1740 g/mol. The molecule has 5 N–H and O–H groups in total. The number of aryl methyl sites for hydroxylation is 3. The van der Waals surface area contributed by atoms with Crippen molar-refractivity contribution >= 4 is 102 Å². The average molecular weight is 1840 g/mol. The molecule has 3 aromatic heterocycles. The van der Waals surface area contributed by atoms with Crippen LogP contribution in [-0.2, 0) is 115 Å². The summed E-state index contributed by atoms with van der Waals surface area (Å²) in [4.78, 5) is 154. The number of aldehydes is 1. The van der Waals surface area contributed by atoms with Crippen LogP contribution < -0.4 is 95.0 Å². The van der Waals surface area contributed by atoms with Crippen LogP contribution in [0.1, 0.15) is 158 Å². The molecule has 34 heteroatoms. The van der Waals surface area contributed by atoms with Gasteiger partial charge in [0.05, 0.1) is 33.1 Å². The van der Waals surface area contributed by atoms with Crippen LogP contribution in [0.3, 0.4) is 0 Å². The number of benzene rings is 3. The third-order valence-electron chi connectivity index (χ3n) is 21.8. The van der Waals surface area contributed by atoms with Gasteiger partial charge >= 0.3 is 80.6 Å². The van der Waals surface area contributed by atoms with Crippen LogP contribution >= 0.6 is 0 Å². The number of imidazole rings is 3. The third-order valence-corrected chi connectivity index (χ3v) is 21.8. The molecule has 0 bridgehead atoms. The normalized spacial score (nSPS) is 21.6. The number of ether oxygens (including phenoxy) is 2. The van der Waals surface area contributed by atoms with E-state index in [1.807, 2.05) is 81.7 Å². The Kier molecular flexibility index (Phi) is 28.9. The maximum Gasteiger partial charge on any atom is 1.00 e. The fraction of sp³-hybridized carbons (Fsp3) is 0.589. The van der Waals surface area contributed by atoms with Gasteiger partial charge in [0.15, 0.2) is 6.29 Å². The quantitative estimate of drug-likeness (QED) is 0.0793. The topological polar surface area (TPSA) is 326 Å². The zero-order valence-electron chi connectivity index (χ0n) is 63.0. The Bertz CT molecular complexity index is 4510. The van der Waals surface area contributed by atoms with Crippen LogP contribution in [0.15, 0.2) is 69.0 Å². The van der Waals surface area contributed by atoms with E-state index < -0.39 is 41.4 Å².